The van der Waals surface area contributed by atoms with E-state index in [1.807, 2.05) is 0 Å². The Morgan fingerprint density at radius 3 is 1.71 bits per heavy atom. The molecule has 0 aromatic rings. The maximum Gasteiger partial charge on any atom is 0.0345 e. The lowest BCUT2D eigenvalue weighted by atomic mass is 9.94. The van der Waals surface area contributed by atoms with Gasteiger partial charge in [0, 0.05) is 18.1 Å². The predicted octanol–water partition coefficient (Wildman–Crippen LogP) is -0.306. The highest BCUT2D eigenvalue weighted by atomic mass is 15.1. The summed E-state index contributed by atoms with van der Waals surface area (Å²) < 4.78 is 0. The molecule has 2 atom stereocenters. The molecule has 0 amide bonds. The molecule has 1 heterocycles. The average molecular weight is 100 g/mol. The summed E-state index contributed by atoms with van der Waals surface area (Å²) in [5, 5.41) is 3.23. The third kappa shape index (κ3) is 0.640. The van der Waals surface area contributed by atoms with Crippen molar-refractivity contribution in [3.05, 3.63) is 0 Å². The number of nitrogens with one attached hydrogen (secondary N) is 1. The van der Waals surface area contributed by atoms with Crippen LogP contribution in [0, 0.1) is 0 Å². The fraction of sp³-hybridized carbons (Fsp3) is 1.00. The van der Waals surface area contributed by atoms with Crippen LogP contribution in [0.3, 0.4) is 0 Å². The Morgan fingerprint density at radius 2 is 1.71 bits per heavy atom. The fourth-order valence-electron chi connectivity index (χ4n) is 0.951. The van der Waals surface area contributed by atoms with Crippen LogP contribution in [0.5, 0.6) is 0 Å². The van der Waals surface area contributed by atoms with Crippen LogP contribution in [0.2, 0.25) is 0 Å². The Hall–Kier alpha value is -0.0800. The molecule has 0 bridgehead atoms. The van der Waals surface area contributed by atoms with Crippen LogP contribution in [0.15, 0.2) is 0 Å². The van der Waals surface area contributed by atoms with Crippen molar-refractivity contribution in [1.29, 1.82) is 0 Å². The van der Waals surface area contributed by atoms with Gasteiger partial charge in [0.2, 0.25) is 0 Å². The van der Waals surface area contributed by atoms with Gasteiger partial charge in [-0.15, -0.1) is 0 Å². The molecular weight excluding hydrogens is 88.1 g/mol. The van der Waals surface area contributed by atoms with Gasteiger partial charge in [0.25, 0.3) is 0 Å². The summed E-state index contributed by atoms with van der Waals surface area (Å²) in [5.41, 5.74) is 5.60. The minimum Gasteiger partial charge on any atom is -0.325 e. The van der Waals surface area contributed by atoms with E-state index in [2.05, 4.69) is 19.2 Å². The van der Waals surface area contributed by atoms with E-state index < -0.39 is 0 Å². The van der Waals surface area contributed by atoms with Crippen LogP contribution in [0.1, 0.15) is 13.8 Å². The van der Waals surface area contributed by atoms with E-state index in [-0.39, 0.29) is 0 Å². The van der Waals surface area contributed by atoms with Crippen molar-refractivity contribution < 1.29 is 0 Å². The van der Waals surface area contributed by atoms with Gasteiger partial charge < -0.3 is 11.1 Å². The minimum atomic E-state index is 0.389. The highest BCUT2D eigenvalue weighted by Gasteiger charge is 2.29. The first kappa shape index (κ1) is 5.06. The topological polar surface area (TPSA) is 38.0 Å². The molecule has 0 aromatic carbocycles. The van der Waals surface area contributed by atoms with E-state index in [1.54, 1.807) is 0 Å². The van der Waals surface area contributed by atoms with Gasteiger partial charge in [-0.1, -0.05) is 0 Å². The van der Waals surface area contributed by atoms with Crippen LogP contribution in [0.25, 0.3) is 0 Å². The summed E-state index contributed by atoms with van der Waals surface area (Å²) in [7, 11) is 0. The largest absolute Gasteiger partial charge is 0.325 e. The molecule has 0 radical (unpaired) electrons. The van der Waals surface area contributed by atoms with E-state index >= 15 is 0 Å². The summed E-state index contributed by atoms with van der Waals surface area (Å²) in [6.45, 7) is 4.20. The van der Waals surface area contributed by atoms with Crippen molar-refractivity contribution in [2.45, 2.75) is 32.0 Å². The van der Waals surface area contributed by atoms with Crippen LogP contribution in [-0.4, -0.2) is 18.1 Å². The van der Waals surface area contributed by atoms with Gasteiger partial charge in [0.1, 0.15) is 0 Å². The summed E-state index contributed by atoms with van der Waals surface area (Å²) in [4.78, 5) is 0. The third-order valence-electron chi connectivity index (χ3n) is 1.68. The Kier molecular flexibility index (Phi) is 1.05. The molecule has 1 saturated heterocycles. The second-order valence-corrected chi connectivity index (χ2v) is 2.32. The lowest BCUT2D eigenvalue weighted by molar-refractivity contribution is 0.247. The molecule has 1 aliphatic heterocycles. The fourth-order valence-corrected chi connectivity index (χ4v) is 0.951. The Bertz CT molecular complexity index is 64.5. The molecule has 7 heavy (non-hydrogen) atoms. The first-order chi connectivity index (χ1) is 3.22. The molecule has 2 unspecified atom stereocenters. The molecule has 2 heteroatoms. The van der Waals surface area contributed by atoms with Crippen molar-refractivity contribution in [3.63, 3.8) is 0 Å². The second-order valence-electron chi connectivity index (χ2n) is 2.32. The summed E-state index contributed by atoms with van der Waals surface area (Å²) in [5.74, 6) is 0. The van der Waals surface area contributed by atoms with Crippen molar-refractivity contribution in [2.24, 2.45) is 5.73 Å². The lowest BCUT2D eigenvalue weighted by Crippen LogP contribution is -2.66. The minimum absolute atomic E-state index is 0.389. The normalized spacial score (nSPS) is 51.0. The molecule has 2 nitrogen and oxygen atoms in total. The van der Waals surface area contributed by atoms with Gasteiger partial charge in [-0.05, 0) is 13.8 Å². The van der Waals surface area contributed by atoms with Gasteiger partial charge in [-0.2, -0.15) is 0 Å². The summed E-state index contributed by atoms with van der Waals surface area (Å²) in [6.07, 6.45) is 0. The second kappa shape index (κ2) is 1.46. The Labute approximate surface area is 44.1 Å². The van der Waals surface area contributed by atoms with Crippen molar-refractivity contribution in [1.82, 2.24) is 5.32 Å². The molecule has 0 aromatic heterocycles. The van der Waals surface area contributed by atoms with E-state index in [1.165, 1.54) is 0 Å². The smallest absolute Gasteiger partial charge is 0.0345 e. The zero-order chi connectivity index (χ0) is 5.44. The van der Waals surface area contributed by atoms with E-state index in [4.69, 9.17) is 5.73 Å². The first-order valence-electron chi connectivity index (χ1n) is 2.73. The molecule has 0 spiro atoms. The number of rotatable bonds is 0. The summed E-state index contributed by atoms with van der Waals surface area (Å²) in [6, 6.07) is 1.46. The maximum absolute atomic E-state index is 5.60. The van der Waals surface area contributed by atoms with Crippen LogP contribution >= 0.6 is 0 Å². The SMILES string of the molecule is CC1NC(C)C1N. The monoisotopic (exact) mass is 100 g/mol. The standard InChI is InChI=1S/C5H12N2/c1-3-5(6)4(2)7-3/h3-5,7H,6H2,1-2H3. The molecule has 42 valence electrons. The first-order valence-corrected chi connectivity index (χ1v) is 2.73. The van der Waals surface area contributed by atoms with Crippen LogP contribution < -0.4 is 11.1 Å². The highest BCUT2D eigenvalue weighted by Crippen LogP contribution is 2.07. The Balaban J connectivity index is 2.29. The van der Waals surface area contributed by atoms with Gasteiger partial charge in [-0.25, -0.2) is 0 Å². The van der Waals surface area contributed by atoms with Crippen LogP contribution in [0.4, 0.5) is 0 Å². The molecule has 0 aliphatic carbocycles. The van der Waals surface area contributed by atoms with Crippen molar-refractivity contribution in [3.8, 4) is 0 Å². The number of hydrogen-bond donors (Lipinski definition) is 2. The lowest BCUT2D eigenvalue weighted by Gasteiger charge is -2.39. The van der Waals surface area contributed by atoms with Crippen molar-refractivity contribution in [2.75, 3.05) is 0 Å². The summed E-state index contributed by atoms with van der Waals surface area (Å²) >= 11 is 0. The zero-order valence-corrected chi connectivity index (χ0v) is 4.81. The molecule has 0 saturated carbocycles. The Morgan fingerprint density at radius 1 is 1.29 bits per heavy atom. The molecular formula is C5H12N2. The predicted molar refractivity (Wildman–Crippen MR) is 30.0 cm³/mol. The average Bonchev–Trinajstić information content (AvgIpc) is 1.68. The molecule has 3 N–H and O–H groups in total. The highest BCUT2D eigenvalue weighted by molar-refractivity contribution is 4.95. The molecule has 1 rings (SSSR count). The van der Waals surface area contributed by atoms with Gasteiger partial charge in [0.05, 0.1) is 0 Å². The third-order valence-corrected chi connectivity index (χ3v) is 1.68. The van der Waals surface area contributed by atoms with Crippen LogP contribution in [-0.2, 0) is 0 Å². The van der Waals surface area contributed by atoms with Gasteiger partial charge in [0.15, 0.2) is 0 Å². The quantitative estimate of drug-likeness (QED) is 0.438. The maximum atomic E-state index is 5.60. The van der Waals surface area contributed by atoms with E-state index in [0.717, 1.165) is 0 Å². The number of nitrogens with two attached hydrogens (primary N) is 1. The zero-order valence-electron chi connectivity index (χ0n) is 4.81. The van der Waals surface area contributed by atoms with E-state index in [9.17, 15) is 0 Å². The molecule has 1 fully saturated rings. The van der Waals surface area contributed by atoms with E-state index in [0.29, 0.717) is 18.1 Å². The molecule has 1 aliphatic rings. The van der Waals surface area contributed by atoms with Crippen molar-refractivity contribution >= 4 is 0 Å². The van der Waals surface area contributed by atoms with Gasteiger partial charge in [-0.3, -0.25) is 0 Å². The number of hydrogen-bond acceptors (Lipinski definition) is 2. The van der Waals surface area contributed by atoms with Gasteiger partial charge >= 0.3 is 0 Å².